The first-order valence-corrected chi connectivity index (χ1v) is 8.71. The Kier molecular flexibility index (Phi) is 7.08. The van der Waals surface area contributed by atoms with Gasteiger partial charge in [0.2, 0.25) is 0 Å². The molecule has 2 aromatic carbocycles. The average molecular weight is 386 g/mol. The van der Waals surface area contributed by atoms with Crippen LogP contribution in [0.4, 0.5) is 5.69 Å². The van der Waals surface area contributed by atoms with Crippen LogP contribution in [0.25, 0.3) is 0 Å². The standard InChI is InChI=1S/C20H22N2O6/c1-14-17(22(26)27)11-16(12-18(14)28-2)20(25)21(10-6-9-19(23)24)13-15-7-4-3-5-8-15/h3-5,7-8,11-12H,6,9-10,13H2,1-2H3,(H,23,24). The molecular formula is C20H22N2O6. The molecule has 1 N–H and O–H groups in total. The monoisotopic (exact) mass is 386 g/mol. The van der Waals surface area contributed by atoms with Gasteiger partial charge in [0, 0.05) is 25.6 Å². The molecule has 8 heteroatoms. The number of hydrogen-bond donors (Lipinski definition) is 1. The van der Waals surface area contributed by atoms with Crippen molar-refractivity contribution in [1.82, 2.24) is 4.90 Å². The Hall–Kier alpha value is -3.42. The smallest absolute Gasteiger partial charge is 0.303 e. The predicted molar refractivity (Wildman–Crippen MR) is 102 cm³/mol. The molecule has 0 aliphatic carbocycles. The maximum absolute atomic E-state index is 13.1. The van der Waals surface area contributed by atoms with E-state index >= 15 is 0 Å². The van der Waals surface area contributed by atoms with Crippen molar-refractivity contribution in [2.24, 2.45) is 0 Å². The molecule has 0 bridgehead atoms. The van der Waals surface area contributed by atoms with Crippen LogP contribution in [0.15, 0.2) is 42.5 Å². The zero-order valence-corrected chi connectivity index (χ0v) is 15.8. The largest absolute Gasteiger partial charge is 0.496 e. The van der Waals surface area contributed by atoms with Gasteiger partial charge in [0.05, 0.1) is 23.2 Å². The number of nitrogens with zero attached hydrogens (tertiary/aromatic N) is 2. The lowest BCUT2D eigenvalue weighted by Crippen LogP contribution is -2.32. The third kappa shape index (κ3) is 5.29. The molecule has 0 aromatic heterocycles. The minimum absolute atomic E-state index is 0.0735. The Labute approximate surface area is 162 Å². The highest BCUT2D eigenvalue weighted by molar-refractivity contribution is 5.95. The van der Waals surface area contributed by atoms with Crippen molar-refractivity contribution < 1.29 is 24.4 Å². The van der Waals surface area contributed by atoms with Crippen molar-refractivity contribution in [2.75, 3.05) is 13.7 Å². The molecule has 8 nitrogen and oxygen atoms in total. The first-order valence-electron chi connectivity index (χ1n) is 8.71. The topological polar surface area (TPSA) is 110 Å². The summed E-state index contributed by atoms with van der Waals surface area (Å²) in [5, 5.41) is 20.2. The number of rotatable bonds is 9. The van der Waals surface area contributed by atoms with Crippen LogP contribution in [-0.4, -0.2) is 40.5 Å². The van der Waals surface area contributed by atoms with E-state index in [1.165, 1.54) is 24.1 Å². The maximum Gasteiger partial charge on any atom is 0.303 e. The third-order valence-electron chi connectivity index (χ3n) is 4.32. The van der Waals surface area contributed by atoms with Crippen LogP contribution in [0.3, 0.4) is 0 Å². The summed E-state index contributed by atoms with van der Waals surface area (Å²) in [7, 11) is 1.38. The van der Waals surface area contributed by atoms with E-state index in [0.717, 1.165) is 5.56 Å². The van der Waals surface area contributed by atoms with Gasteiger partial charge in [-0.2, -0.15) is 0 Å². The highest BCUT2D eigenvalue weighted by atomic mass is 16.6. The molecule has 2 rings (SSSR count). The van der Waals surface area contributed by atoms with Crippen molar-refractivity contribution in [3.63, 3.8) is 0 Å². The predicted octanol–water partition coefficient (Wildman–Crippen LogP) is 3.42. The van der Waals surface area contributed by atoms with E-state index in [0.29, 0.717) is 5.56 Å². The van der Waals surface area contributed by atoms with Gasteiger partial charge in [-0.25, -0.2) is 0 Å². The molecule has 0 saturated carbocycles. The molecule has 0 fully saturated rings. The first-order chi connectivity index (χ1) is 13.3. The van der Waals surface area contributed by atoms with Crippen molar-refractivity contribution in [3.8, 4) is 5.75 Å². The molecule has 0 atom stereocenters. The molecule has 0 spiro atoms. The van der Waals surface area contributed by atoms with E-state index < -0.39 is 16.8 Å². The van der Waals surface area contributed by atoms with Gasteiger partial charge in [0.25, 0.3) is 11.6 Å². The summed E-state index contributed by atoms with van der Waals surface area (Å²) < 4.78 is 5.18. The Bertz CT molecular complexity index is 866. The number of carboxylic acid groups (broad SMARTS) is 1. The first kappa shape index (κ1) is 20.9. The van der Waals surface area contributed by atoms with Crippen LogP contribution in [-0.2, 0) is 11.3 Å². The molecule has 0 saturated heterocycles. The van der Waals surface area contributed by atoms with Crippen molar-refractivity contribution >= 4 is 17.6 Å². The van der Waals surface area contributed by atoms with Crippen LogP contribution in [0.1, 0.15) is 34.3 Å². The highest BCUT2D eigenvalue weighted by Crippen LogP contribution is 2.30. The third-order valence-corrected chi connectivity index (χ3v) is 4.32. The molecule has 0 unspecified atom stereocenters. The van der Waals surface area contributed by atoms with E-state index in [9.17, 15) is 19.7 Å². The molecule has 28 heavy (non-hydrogen) atoms. The number of carbonyl (C=O) groups excluding carboxylic acids is 1. The summed E-state index contributed by atoms with van der Waals surface area (Å²) >= 11 is 0. The van der Waals surface area contributed by atoms with Crippen molar-refractivity contribution in [3.05, 3.63) is 69.3 Å². The Morgan fingerprint density at radius 2 is 1.89 bits per heavy atom. The molecule has 0 heterocycles. The van der Waals surface area contributed by atoms with Crippen LogP contribution in [0, 0.1) is 17.0 Å². The van der Waals surface area contributed by atoms with Gasteiger partial charge in [-0.3, -0.25) is 19.7 Å². The zero-order chi connectivity index (χ0) is 20.7. The van der Waals surface area contributed by atoms with Gasteiger partial charge in [-0.1, -0.05) is 30.3 Å². The molecule has 2 aromatic rings. The second-order valence-electron chi connectivity index (χ2n) is 6.29. The number of methoxy groups -OCH3 is 1. The van der Waals surface area contributed by atoms with Crippen LogP contribution >= 0.6 is 0 Å². The summed E-state index contributed by atoms with van der Waals surface area (Å²) in [5.74, 6) is -1.11. The van der Waals surface area contributed by atoms with Gasteiger partial charge in [-0.15, -0.1) is 0 Å². The Morgan fingerprint density at radius 3 is 2.46 bits per heavy atom. The number of carbonyl (C=O) groups is 2. The van der Waals surface area contributed by atoms with Crippen molar-refractivity contribution in [2.45, 2.75) is 26.3 Å². The number of aliphatic carboxylic acids is 1. The van der Waals surface area contributed by atoms with Gasteiger partial charge in [0.1, 0.15) is 5.75 Å². The number of amides is 1. The van der Waals surface area contributed by atoms with E-state index in [-0.39, 0.29) is 42.9 Å². The SMILES string of the molecule is COc1cc(C(=O)N(CCCC(=O)O)Cc2ccccc2)cc([N+](=O)[O-])c1C. The lowest BCUT2D eigenvalue weighted by Gasteiger charge is -2.23. The highest BCUT2D eigenvalue weighted by Gasteiger charge is 2.23. The van der Waals surface area contributed by atoms with Crippen LogP contribution < -0.4 is 4.74 Å². The van der Waals surface area contributed by atoms with Crippen molar-refractivity contribution in [1.29, 1.82) is 0 Å². The quantitative estimate of drug-likeness (QED) is 0.522. The summed E-state index contributed by atoms with van der Waals surface area (Å²) in [6.45, 7) is 2.03. The van der Waals surface area contributed by atoms with Gasteiger partial charge < -0.3 is 14.7 Å². The van der Waals surface area contributed by atoms with E-state index in [1.807, 2.05) is 30.3 Å². The summed E-state index contributed by atoms with van der Waals surface area (Å²) in [5.41, 5.74) is 1.14. The minimum Gasteiger partial charge on any atom is -0.496 e. The fourth-order valence-electron chi connectivity index (χ4n) is 2.86. The second kappa shape index (κ2) is 9.50. The van der Waals surface area contributed by atoms with Gasteiger partial charge in [-0.05, 0) is 25.0 Å². The van der Waals surface area contributed by atoms with E-state index in [4.69, 9.17) is 9.84 Å². The van der Waals surface area contributed by atoms with Crippen LogP contribution in [0.5, 0.6) is 5.75 Å². The van der Waals surface area contributed by atoms with E-state index in [1.54, 1.807) is 6.92 Å². The molecule has 1 amide bonds. The number of hydrogen-bond acceptors (Lipinski definition) is 5. The number of ether oxygens (including phenoxy) is 1. The fourth-order valence-corrected chi connectivity index (χ4v) is 2.86. The average Bonchev–Trinajstić information content (AvgIpc) is 2.67. The van der Waals surface area contributed by atoms with Gasteiger partial charge in [0.15, 0.2) is 0 Å². The molecule has 0 radical (unpaired) electrons. The normalized spacial score (nSPS) is 10.4. The number of nitro groups is 1. The number of nitro benzene ring substituents is 1. The lowest BCUT2D eigenvalue weighted by molar-refractivity contribution is -0.385. The number of carboxylic acids is 1. The molecule has 148 valence electrons. The molecule has 0 aliphatic rings. The summed E-state index contributed by atoms with van der Waals surface area (Å²) in [6.07, 6.45) is 0.203. The van der Waals surface area contributed by atoms with E-state index in [2.05, 4.69) is 0 Å². The fraction of sp³-hybridized carbons (Fsp3) is 0.300. The second-order valence-corrected chi connectivity index (χ2v) is 6.29. The number of benzene rings is 2. The summed E-state index contributed by atoms with van der Waals surface area (Å²) in [6, 6.07) is 12.0. The molecular weight excluding hydrogens is 364 g/mol. The Balaban J connectivity index is 2.35. The molecule has 0 aliphatic heterocycles. The van der Waals surface area contributed by atoms with Gasteiger partial charge >= 0.3 is 5.97 Å². The maximum atomic E-state index is 13.1. The van der Waals surface area contributed by atoms with Crippen LogP contribution in [0.2, 0.25) is 0 Å². The lowest BCUT2D eigenvalue weighted by atomic mass is 10.1. The Morgan fingerprint density at radius 1 is 1.21 bits per heavy atom. The zero-order valence-electron chi connectivity index (χ0n) is 15.8. The minimum atomic E-state index is -0.945. The summed E-state index contributed by atoms with van der Waals surface area (Å²) in [4.78, 5) is 36.2.